The van der Waals surface area contributed by atoms with Crippen LogP contribution in [0.2, 0.25) is 0 Å². The maximum absolute atomic E-state index is 12.0. The van der Waals surface area contributed by atoms with Crippen molar-refractivity contribution < 1.29 is 19.1 Å². The van der Waals surface area contributed by atoms with Crippen LogP contribution in [0.25, 0.3) is 10.8 Å². The highest BCUT2D eigenvalue weighted by molar-refractivity contribution is 5.98. The van der Waals surface area contributed by atoms with E-state index in [4.69, 9.17) is 4.74 Å². The molecular weight excluding hydrogens is 356 g/mol. The van der Waals surface area contributed by atoms with Crippen LogP contribution in [0.4, 0.5) is 5.69 Å². The topological polar surface area (TPSA) is 84.5 Å². The van der Waals surface area contributed by atoms with Gasteiger partial charge in [-0.2, -0.15) is 0 Å². The molecule has 0 aromatic heterocycles. The molecule has 2 N–H and O–H groups in total. The third-order valence-corrected chi connectivity index (χ3v) is 4.12. The standard InChI is InChI=1S/C22H20N2O4/c1-15(23-21(26)17-8-3-2-4-9-17)22(27)28-14-20(25)24-19-12-11-16-7-5-6-10-18(16)13-19/h2-13,15H,14H2,1H3,(H,23,26)(H,24,25)/t15-/m0/s1. The predicted octanol–water partition coefficient (Wildman–Crippen LogP) is 3.14. The van der Waals surface area contributed by atoms with Crippen molar-refractivity contribution in [3.8, 4) is 0 Å². The highest BCUT2D eigenvalue weighted by Crippen LogP contribution is 2.18. The fraction of sp³-hybridized carbons (Fsp3) is 0.136. The van der Waals surface area contributed by atoms with Crippen LogP contribution < -0.4 is 10.6 Å². The summed E-state index contributed by atoms with van der Waals surface area (Å²) in [5.41, 5.74) is 1.06. The van der Waals surface area contributed by atoms with Gasteiger partial charge in [-0.05, 0) is 42.0 Å². The van der Waals surface area contributed by atoms with E-state index in [1.165, 1.54) is 6.92 Å². The smallest absolute Gasteiger partial charge is 0.328 e. The Morgan fingerprint density at radius 2 is 1.57 bits per heavy atom. The van der Waals surface area contributed by atoms with Crippen LogP contribution in [-0.2, 0) is 14.3 Å². The first-order valence-corrected chi connectivity index (χ1v) is 8.84. The van der Waals surface area contributed by atoms with Crippen molar-refractivity contribution >= 4 is 34.2 Å². The maximum atomic E-state index is 12.0. The fourth-order valence-corrected chi connectivity index (χ4v) is 2.65. The van der Waals surface area contributed by atoms with Crippen molar-refractivity contribution in [2.75, 3.05) is 11.9 Å². The molecule has 0 aliphatic carbocycles. The van der Waals surface area contributed by atoms with Crippen LogP contribution in [0.5, 0.6) is 0 Å². The molecule has 2 amide bonds. The summed E-state index contributed by atoms with van der Waals surface area (Å²) >= 11 is 0. The normalized spacial score (nSPS) is 11.5. The quantitative estimate of drug-likeness (QED) is 0.648. The average molecular weight is 376 g/mol. The summed E-state index contributed by atoms with van der Waals surface area (Å²) in [5.74, 6) is -1.52. The summed E-state index contributed by atoms with van der Waals surface area (Å²) in [7, 11) is 0. The van der Waals surface area contributed by atoms with E-state index in [9.17, 15) is 14.4 Å². The van der Waals surface area contributed by atoms with E-state index in [1.54, 1.807) is 36.4 Å². The maximum Gasteiger partial charge on any atom is 0.328 e. The SMILES string of the molecule is C[C@H](NC(=O)c1ccccc1)C(=O)OCC(=O)Nc1ccc2ccccc2c1. The molecule has 6 heteroatoms. The van der Waals surface area contributed by atoms with Crippen LogP contribution in [0.1, 0.15) is 17.3 Å². The lowest BCUT2D eigenvalue weighted by Gasteiger charge is -2.13. The minimum absolute atomic E-state index is 0.384. The van der Waals surface area contributed by atoms with Gasteiger partial charge < -0.3 is 15.4 Å². The third kappa shape index (κ3) is 4.94. The molecular formula is C22H20N2O4. The Bertz CT molecular complexity index is 1000. The van der Waals surface area contributed by atoms with Gasteiger partial charge in [-0.1, -0.05) is 48.5 Å². The van der Waals surface area contributed by atoms with Gasteiger partial charge in [-0.15, -0.1) is 0 Å². The van der Waals surface area contributed by atoms with Gasteiger partial charge in [0.2, 0.25) is 0 Å². The Hall–Kier alpha value is -3.67. The number of esters is 1. The lowest BCUT2D eigenvalue weighted by molar-refractivity contribution is -0.148. The number of fused-ring (bicyclic) bond motifs is 1. The van der Waals surface area contributed by atoms with Gasteiger partial charge in [0.25, 0.3) is 11.8 Å². The monoisotopic (exact) mass is 376 g/mol. The molecule has 0 bridgehead atoms. The highest BCUT2D eigenvalue weighted by atomic mass is 16.5. The number of nitrogens with one attached hydrogen (secondary N) is 2. The van der Waals surface area contributed by atoms with Gasteiger partial charge in [0.05, 0.1) is 0 Å². The van der Waals surface area contributed by atoms with Crippen molar-refractivity contribution in [2.24, 2.45) is 0 Å². The van der Waals surface area contributed by atoms with Gasteiger partial charge in [-0.3, -0.25) is 9.59 Å². The van der Waals surface area contributed by atoms with E-state index in [1.807, 2.05) is 36.4 Å². The summed E-state index contributed by atoms with van der Waals surface area (Å²) in [5, 5.41) is 7.30. The molecule has 28 heavy (non-hydrogen) atoms. The first kappa shape index (κ1) is 19.1. The van der Waals surface area contributed by atoms with E-state index in [-0.39, 0.29) is 5.91 Å². The number of ether oxygens (including phenoxy) is 1. The number of carbonyl (C=O) groups excluding carboxylic acids is 3. The molecule has 142 valence electrons. The molecule has 0 saturated carbocycles. The Balaban J connectivity index is 1.49. The summed E-state index contributed by atoms with van der Waals surface area (Å²) in [4.78, 5) is 36.1. The second-order valence-corrected chi connectivity index (χ2v) is 6.28. The number of hydrogen-bond donors (Lipinski definition) is 2. The zero-order valence-corrected chi connectivity index (χ0v) is 15.3. The zero-order valence-electron chi connectivity index (χ0n) is 15.3. The molecule has 0 fully saturated rings. The molecule has 0 aliphatic rings. The largest absolute Gasteiger partial charge is 0.454 e. The van der Waals surface area contributed by atoms with Gasteiger partial charge >= 0.3 is 5.97 Å². The van der Waals surface area contributed by atoms with Crippen LogP contribution in [0, 0.1) is 0 Å². The zero-order chi connectivity index (χ0) is 19.9. The number of carbonyl (C=O) groups is 3. The number of hydrogen-bond acceptors (Lipinski definition) is 4. The van der Waals surface area contributed by atoms with Crippen molar-refractivity contribution in [1.82, 2.24) is 5.32 Å². The summed E-state index contributed by atoms with van der Waals surface area (Å²) in [6.07, 6.45) is 0. The van der Waals surface area contributed by atoms with Crippen molar-refractivity contribution in [3.63, 3.8) is 0 Å². The molecule has 0 heterocycles. The third-order valence-electron chi connectivity index (χ3n) is 4.12. The second-order valence-electron chi connectivity index (χ2n) is 6.28. The van der Waals surface area contributed by atoms with Crippen LogP contribution >= 0.6 is 0 Å². The first-order chi connectivity index (χ1) is 13.5. The first-order valence-electron chi connectivity index (χ1n) is 8.84. The van der Waals surface area contributed by atoms with Gasteiger partial charge in [0.15, 0.2) is 6.61 Å². The van der Waals surface area contributed by atoms with E-state index in [2.05, 4.69) is 10.6 Å². The molecule has 3 aromatic carbocycles. The average Bonchev–Trinajstić information content (AvgIpc) is 2.72. The van der Waals surface area contributed by atoms with Crippen LogP contribution in [-0.4, -0.2) is 30.4 Å². The van der Waals surface area contributed by atoms with Crippen molar-refractivity contribution in [1.29, 1.82) is 0 Å². The molecule has 0 unspecified atom stereocenters. The Kier molecular flexibility index (Phi) is 6.01. The van der Waals surface area contributed by atoms with E-state index >= 15 is 0 Å². The van der Waals surface area contributed by atoms with Crippen LogP contribution in [0.3, 0.4) is 0 Å². The van der Waals surface area contributed by atoms with Gasteiger partial charge in [0, 0.05) is 11.3 Å². The summed E-state index contributed by atoms with van der Waals surface area (Å²) in [6, 6.07) is 21.0. The van der Waals surface area contributed by atoms with Crippen molar-refractivity contribution in [2.45, 2.75) is 13.0 Å². The molecule has 3 rings (SSSR count). The summed E-state index contributed by atoms with van der Waals surface area (Å²) in [6.45, 7) is 1.07. The van der Waals surface area contributed by atoms with Gasteiger partial charge in [0.1, 0.15) is 6.04 Å². The minimum Gasteiger partial charge on any atom is -0.454 e. The van der Waals surface area contributed by atoms with Crippen molar-refractivity contribution in [3.05, 3.63) is 78.4 Å². The Morgan fingerprint density at radius 3 is 2.32 bits per heavy atom. The fourth-order valence-electron chi connectivity index (χ4n) is 2.65. The van der Waals surface area contributed by atoms with E-state index in [0.717, 1.165) is 10.8 Å². The number of benzene rings is 3. The molecule has 0 spiro atoms. The van der Waals surface area contributed by atoms with E-state index in [0.29, 0.717) is 11.3 Å². The van der Waals surface area contributed by atoms with E-state index < -0.39 is 24.5 Å². The van der Waals surface area contributed by atoms with Crippen LogP contribution in [0.15, 0.2) is 72.8 Å². The lowest BCUT2D eigenvalue weighted by Crippen LogP contribution is -2.40. The number of anilines is 1. The predicted molar refractivity (Wildman–Crippen MR) is 107 cm³/mol. The molecule has 3 aromatic rings. The number of amides is 2. The molecule has 0 radical (unpaired) electrons. The molecule has 6 nitrogen and oxygen atoms in total. The minimum atomic E-state index is -0.874. The van der Waals surface area contributed by atoms with Gasteiger partial charge in [-0.25, -0.2) is 4.79 Å². The Labute approximate surface area is 162 Å². The molecule has 0 saturated heterocycles. The molecule has 0 aliphatic heterocycles. The summed E-state index contributed by atoms with van der Waals surface area (Å²) < 4.78 is 5.00. The highest BCUT2D eigenvalue weighted by Gasteiger charge is 2.19. The second kappa shape index (κ2) is 8.81. The molecule has 1 atom stereocenters. The number of rotatable bonds is 6. The Morgan fingerprint density at radius 1 is 0.893 bits per heavy atom. The lowest BCUT2D eigenvalue weighted by atomic mass is 10.1.